The summed E-state index contributed by atoms with van der Waals surface area (Å²) >= 11 is 1.60. The topological polar surface area (TPSA) is 63.6 Å². The number of carbonyl (C=O) groups excluding carboxylic acids is 1. The first kappa shape index (κ1) is 23.0. The molecule has 1 unspecified atom stereocenters. The van der Waals surface area contributed by atoms with Gasteiger partial charge in [0.15, 0.2) is 0 Å². The van der Waals surface area contributed by atoms with E-state index in [1.165, 1.54) is 5.56 Å². The Morgan fingerprint density at radius 3 is 2.21 bits per heavy atom. The van der Waals surface area contributed by atoms with Crippen molar-refractivity contribution in [3.8, 4) is 5.75 Å². The predicted octanol–water partition coefficient (Wildman–Crippen LogP) is 5.73. The van der Waals surface area contributed by atoms with E-state index in [2.05, 4.69) is 45.0 Å². The summed E-state index contributed by atoms with van der Waals surface area (Å²) in [6, 6.07) is 15.8. The van der Waals surface area contributed by atoms with E-state index in [9.17, 15) is 9.59 Å². The maximum absolute atomic E-state index is 12.4. The highest BCUT2D eigenvalue weighted by molar-refractivity contribution is 7.99. The molecule has 4 nitrogen and oxygen atoms in total. The van der Waals surface area contributed by atoms with Crippen LogP contribution in [0.5, 0.6) is 5.75 Å². The quantitative estimate of drug-likeness (QED) is 0.246. The molecule has 0 aliphatic carbocycles. The number of rotatable bonds is 9. The summed E-state index contributed by atoms with van der Waals surface area (Å²) in [6.07, 6.45) is 1.45. The Morgan fingerprint density at radius 1 is 1.03 bits per heavy atom. The molecule has 0 fully saturated rings. The first-order valence-corrected chi connectivity index (χ1v) is 10.9. The molecule has 29 heavy (non-hydrogen) atoms. The molecule has 2 aromatic carbocycles. The molecule has 1 N–H and O–H groups in total. The minimum Gasteiger partial charge on any atom is -0.481 e. The predicted molar refractivity (Wildman–Crippen MR) is 118 cm³/mol. The van der Waals surface area contributed by atoms with Gasteiger partial charge in [0.05, 0.1) is 5.92 Å². The molecule has 0 aliphatic heterocycles. The van der Waals surface area contributed by atoms with Crippen LogP contribution in [0, 0.1) is 5.92 Å². The second-order valence-corrected chi connectivity index (χ2v) is 9.46. The minimum absolute atomic E-state index is 0.115. The van der Waals surface area contributed by atoms with Crippen molar-refractivity contribution >= 4 is 23.7 Å². The Kier molecular flexibility index (Phi) is 8.32. The molecular formula is C24H30O4S. The fourth-order valence-corrected chi connectivity index (χ4v) is 3.66. The van der Waals surface area contributed by atoms with Crippen molar-refractivity contribution < 1.29 is 19.4 Å². The molecule has 0 radical (unpaired) electrons. The van der Waals surface area contributed by atoms with Crippen molar-refractivity contribution in [1.82, 2.24) is 0 Å². The van der Waals surface area contributed by atoms with E-state index in [-0.39, 0.29) is 23.7 Å². The molecule has 156 valence electrons. The number of carboxylic acid groups (broad SMARTS) is 1. The van der Waals surface area contributed by atoms with Crippen LogP contribution in [0.4, 0.5) is 0 Å². The van der Waals surface area contributed by atoms with Gasteiger partial charge in [-0.05, 0) is 59.4 Å². The van der Waals surface area contributed by atoms with E-state index >= 15 is 0 Å². The van der Waals surface area contributed by atoms with Gasteiger partial charge in [-0.1, -0.05) is 52.0 Å². The van der Waals surface area contributed by atoms with E-state index in [0.717, 1.165) is 16.2 Å². The van der Waals surface area contributed by atoms with Gasteiger partial charge in [-0.3, -0.25) is 9.59 Å². The molecule has 0 saturated heterocycles. The zero-order chi connectivity index (χ0) is 21.4. The molecule has 1 atom stereocenters. The number of esters is 1. The molecule has 0 heterocycles. The number of carbonyl (C=O) groups is 2. The van der Waals surface area contributed by atoms with E-state index in [1.54, 1.807) is 23.9 Å². The number of thioether (sulfide) groups is 1. The van der Waals surface area contributed by atoms with Crippen molar-refractivity contribution in [2.75, 3.05) is 5.75 Å². The average Bonchev–Trinajstić information content (AvgIpc) is 2.66. The fourth-order valence-electron chi connectivity index (χ4n) is 2.81. The highest BCUT2D eigenvalue weighted by Gasteiger charge is 2.17. The van der Waals surface area contributed by atoms with Crippen LogP contribution in [0.2, 0.25) is 0 Å². The third kappa shape index (κ3) is 7.94. The Balaban J connectivity index is 1.83. The van der Waals surface area contributed by atoms with Crippen LogP contribution in [0.1, 0.15) is 51.7 Å². The lowest BCUT2D eigenvalue weighted by Crippen LogP contribution is -2.20. The number of carboxylic acids is 1. The lowest BCUT2D eigenvalue weighted by atomic mass is 9.86. The zero-order valence-corrected chi connectivity index (χ0v) is 18.4. The van der Waals surface area contributed by atoms with Crippen molar-refractivity contribution in [3.05, 3.63) is 59.7 Å². The molecule has 0 aliphatic rings. The molecule has 2 rings (SSSR count). The summed E-state index contributed by atoms with van der Waals surface area (Å²) in [7, 11) is 0. The fraction of sp³-hybridized carbons (Fsp3) is 0.417. The average molecular weight is 415 g/mol. The van der Waals surface area contributed by atoms with Gasteiger partial charge < -0.3 is 9.84 Å². The van der Waals surface area contributed by atoms with E-state index in [4.69, 9.17) is 9.84 Å². The van der Waals surface area contributed by atoms with Crippen LogP contribution < -0.4 is 4.74 Å². The number of hydrogen-bond acceptors (Lipinski definition) is 4. The minimum atomic E-state index is -0.771. The largest absolute Gasteiger partial charge is 0.481 e. The molecular weight excluding hydrogens is 384 g/mol. The number of hydrogen-bond donors (Lipinski definition) is 1. The Morgan fingerprint density at radius 2 is 1.66 bits per heavy atom. The number of aliphatic carboxylic acids is 1. The van der Waals surface area contributed by atoms with E-state index < -0.39 is 5.97 Å². The van der Waals surface area contributed by atoms with Gasteiger partial charge in [-0.2, -0.15) is 0 Å². The molecule has 0 aromatic heterocycles. The molecule has 2 aromatic rings. The second-order valence-electron chi connectivity index (χ2n) is 8.29. The maximum Gasteiger partial charge on any atom is 0.314 e. The smallest absolute Gasteiger partial charge is 0.314 e. The lowest BCUT2D eigenvalue weighted by Gasteiger charge is -2.19. The SMILES string of the molecule is CC(Cc1ccc(C(C)(C)C)cc1)C(=O)Oc1ccc(SCCCC(=O)O)cc1. The van der Waals surface area contributed by atoms with Gasteiger partial charge >= 0.3 is 11.9 Å². The summed E-state index contributed by atoms with van der Waals surface area (Å²) in [5.41, 5.74) is 2.51. The van der Waals surface area contributed by atoms with Gasteiger partial charge in [0, 0.05) is 11.3 Å². The Bertz CT molecular complexity index is 804. The number of ether oxygens (including phenoxy) is 1. The highest BCUT2D eigenvalue weighted by Crippen LogP contribution is 2.25. The van der Waals surface area contributed by atoms with Crippen molar-refractivity contribution in [1.29, 1.82) is 0 Å². The number of benzene rings is 2. The first-order valence-electron chi connectivity index (χ1n) is 9.91. The third-order valence-corrected chi connectivity index (χ3v) is 5.71. The molecule has 5 heteroatoms. The van der Waals surface area contributed by atoms with Crippen LogP contribution in [-0.4, -0.2) is 22.8 Å². The summed E-state index contributed by atoms with van der Waals surface area (Å²) in [6.45, 7) is 8.43. The maximum atomic E-state index is 12.4. The monoisotopic (exact) mass is 414 g/mol. The summed E-state index contributed by atoms with van der Waals surface area (Å²) < 4.78 is 5.51. The Labute approximate surface area is 177 Å². The van der Waals surface area contributed by atoms with Crippen molar-refractivity contribution in [2.45, 2.75) is 57.3 Å². The summed E-state index contributed by atoms with van der Waals surface area (Å²) in [5, 5.41) is 8.66. The molecule has 0 spiro atoms. The first-order chi connectivity index (χ1) is 13.6. The molecule has 0 saturated carbocycles. The van der Waals surface area contributed by atoms with Gasteiger partial charge in [0.1, 0.15) is 5.75 Å². The van der Waals surface area contributed by atoms with Crippen LogP contribution in [0.3, 0.4) is 0 Å². The zero-order valence-electron chi connectivity index (χ0n) is 17.6. The van der Waals surface area contributed by atoms with Crippen molar-refractivity contribution in [2.24, 2.45) is 5.92 Å². The second kappa shape index (κ2) is 10.5. The highest BCUT2D eigenvalue weighted by atomic mass is 32.2. The molecule has 0 bridgehead atoms. The Hall–Kier alpha value is -2.27. The van der Waals surface area contributed by atoms with Crippen molar-refractivity contribution in [3.63, 3.8) is 0 Å². The summed E-state index contributed by atoms with van der Waals surface area (Å²) in [4.78, 5) is 24.0. The lowest BCUT2D eigenvalue weighted by molar-refractivity contribution is -0.138. The van der Waals surface area contributed by atoms with Gasteiger partial charge in [-0.15, -0.1) is 11.8 Å². The van der Waals surface area contributed by atoms with Crippen LogP contribution in [0.15, 0.2) is 53.4 Å². The van der Waals surface area contributed by atoms with E-state index in [1.807, 2.05) is 19.1 Å². The third-order valence-electron chi connectivity index (χ3n) is 4.61. The summed E-state index contributed by atoms with van der Waals surface area (Å²) in [5.74, 6) is 0.0236. The van der Waals surface area contributed by atoms with E-state index in [0.29, 0.717) is 18.6 Å². The standard InChI is InChI=1S/C24H30O4S/c1-17(16-18-7-9-19(10-8-18)24(2,3)4)23(27)28-20-11-13-21(14-12-20)29-15-5-6-22(25)26/h7-14,17H,5-6,15-16H2,1-4H3,(H,25,26). The van der Waals surface area contributed by atoms with Gasteiger partial charge in [0.25, 0.3) is 0 Å². The van der Waals surface area contributed by atoms with Gasteiger partial charge in [-0.25, -0.2) is 0 Å². The van der Waals surface area contributed by atoms with Crippen LogP contribution >= 0.6 is 11.8 Å². The molecule has 0 amide bonds. The van der Waals surface area contributed by atoms with Crippen LogP contribution in [0.25, 0.3) is 0 Å². The normalized spacial score (nSPS) is 12.4. The van der Waals surface area contributed by atoms with Gasteiger partial charge in [0.2, 0.25) is 0 Å². The van der Waals surface area contributed by atoms with Crippen LogP contribution in [-0.2, 0) is 21.4 Å².